The number of nitrogens with zero attached hydrogens (tertiary/aromatic N) is 1. The van der Waals surface area contributed by atoms with Gasteiger partial charge in [-0.05, 0) is 12.8 Å². The van der Waals surface area contributed by atoms with Gasteiger partial charge < -0.3 is 10.4 Å². The summed E-state index contributed by atoms with van der Waals surface area (Å²) in [4.78, 5) is 5.39. The molecule has 1 aromatic heterocycles. The molecule has 0 aliphatic heterocycles. The fourth-order valence-corrected chi connectivity index (χ4v) is 1.83. The van der Waals surface area contributed by atoms with Gasteiger partial charge in [-0.2, -0.15) is 0 Å². The summed E-state index contributed by atoms with van der Waals surface area (Å²) in [5, 5.41) is 13.8. The molecule has 0 amide bonds. The van der Waals surface area contributed by atoms with Crippen LogP contribution < -0.4 is 5.32 Å². The van der Waals surface area contributed by atoms with Crippen molar-refractivity contribution in [3.05, 3.63) is 16.1 Å². The molecular formula is C10H18N2OS. The highest BCUT2D eigenvalue weighted by molar-refractivity contribution is 7.11. The summed E-state index contributed by atoms with van der Waals surface area (Å²) < 4.78 is 0. The van der Waals surface area contributed by atoms with Crippen molar-refractivity contribution in [2.75, 3.05) is 6.54 Å². The topological polar surface area (TPSA) is 45.2 Å². The van der Waals surface area contributed by atoms with E-state index < -0.39 is 0 Å². The van der Waals surface area contributed by atoms with E-state index in [4.69, 9.17) is 0 Å². The van der Waals surface area contributed by atoms with Gasteiger partial charge in [-0.3, -0.25) is 0 Å². The van der Waals surface area contributed by atoms with Crippen LogP contribution in [0.1, 0.15) is 23.7 Å². The van der Waals surface area contributed by atoms with Crippen molar-refractivity contribution in [1.82, 2.24) is 10.3 Å². The maximum atomic E-state index is 9.53. The molecule has 0 bridgehead atoms. The molecule has 14 heavy (non-hydrogen) atoms. The number of hydrogen-bond acceptors (Lipinski definition) is 4. The molecule has 0 aliphatic rings. The predicted octanol–water partition coefficient (Wildman–Crippen LogP) is 1.56. The number of aryl methyl sites for hydroxylation is 1. The summed E-state index contributed by atoms with van der Waals surface area (Å²) in [5.74, 6) is 0.311. The molecule has 0 aromatic carbocycles. The number of aliphatic hydroxyl groups is 1. The lowest BCUT2D eigenvalue weighted by molar-refractivity contribution is 0.123. The van der Waals surface area contributed by atoms with E-state index in [1.165, 1.54) is 4.88 Å². The Morgan fingerprint density at radius 1 is 1.57 bits per heavy atom. The van der Waals surface area contributed by atoms with Gasteiger partial charge in [0.05, 0.1) is 11.1 Å². The third-order valence-electron chi connectivity index (χ3n) is 2.09. The van der Waals surface area contributed by atoms with Crippen LogP contribution >= 0.6 is 11.3 Å². The second kappa shape index (κ2) is 5.44. The molecule has 0 spiro atoms. The van der Waals surface area contributed by atoms with Gasteiger partial charge in [0, 0.05) is 24.2 Å². The summed E-state index contributed by atoms with van der Waals surface area (Å²) in [6.45, 7) is 7.48. The Kier molecular flexibility index (Phi) is 4.51. The minimum Gasteiger partial charge on any atom is -0.392 e. The molecule has 2 N–H and O–H groups in total. The highest BCUT2D eigenvalue weighted by Crippen LogP contribution is 2.10. The Morgan fingerprint density at radius 3 is 2.79 bits per heavy atom. The van der Waals surface area contributed by atoms with E-state index in [9.17, 15) is 5.11 Å². The zero-order valence-electron chi connectivity index (χ0n) is 8.95. The third-order valence-corrected chi connectivity index (χ3v) is 3.00. The van der Waals surface area contributed by atoms with Crippen LogP contribution in [-0.4, -0.2) is 22.7 Å². The molecule has 0 saturated heterocycles. The van der Waals surface area contributed by atoms with E-state index in [0.29, 0.717) is 12.5 Å². The molecule has 0 fully saturated rings. The van der Waals surface area contributed by atoms with Gasteiger partial charge in [-0.25, -0.2) is 4.98 Å². The zero-order valence-corrected chi connectivity index (χ0v) is 9.77. The summed E-state index contributed by atoms with van der Waals surface area (Å²) >= 11 is 1.69. The van der Waals surface area contributed by atoms with Crippen LogP contribution in [0.3, 0.4) is 0 Å². The minimum atomic E-state index is -0.260. The van der Waals surface area contributed by atoms with Crippen molar-refractivity contribution in [2.45, 2.75) is 33.4 Å². The Hall–Kier alpha value is -0.450. The van der Waals surface area contributed by atoms with Crippen LogP contribution in [0.5, 0.6) is 0 Å². The standard InChI is InChI=1S/C10H18N2OS/c1-7(2)10(13)6-11-4-9-5-12-8(3)14-9/h5,7,10-11,13H,4,6H2,1-3H3. The number of aromatic nitrogens is 1. The van der Waals surface area contributed by atoms with Crippen molar-refractivity contribution in [2.24, 2.45) is 5.92 Å². The lowest BCUT2D eigenvalue weighted by Gasteiger charge is -2.14. The summed E-state index contributed by atoms with van der Waals surface area (Å²) in [7, 11) is 0. The molecule has 0 aliphatic carbocycles. The normalized spacial score (nSPS) is 13.5. The van der Waals surface area contributed by atoms with Crippen LogP contribution in [0, 0.1) is 12.8 Å². The average molecular weight is 214 g/mol. The van der Waals surface area contributed by atoms with Gasteiger partial charge in [0.1, 0.15) is 0 Å². The van der Waals surface area contributed by atoms with E-state index in [0.717, 1.165) is 11.6 Å². The van der Waals surface area contributed by atoms with Gasteiger partial charge in [-0.15, -0.1) is 11.3 Å². The van der Waals surface area contributed by atoms with Crippen molar-refractivity contribution in [3.8, 4) is 0 Å². The molecule has 1 heterocycles. The van der Waals surface area contributed by atoms with Crippen molar-refractivity contribution in [3.63, 3.8) is 0 Å². The average Bonchev–Trinajstić information content (AvgIpc) is 2.51. The number of thiazole rings is 1. The lowest BCUT2D eigenvalue weighted by Crippen LogP contribution is -2.29. The maximum Gasteiger partial charge on any atom is 0.0897 e. The van der Waals surface area contributed by atoms with Gasteiger partial charge >= 0.3 is 0 Å². The largest absolute Gasteiger partial charge is 0.392 e. The van der Waals surface area contributed by atoms with E-state index in [-0.39, 0.29) is 6.10 Å². The number of hydrogen-bond donors (Lipinski definition) is 2. The number of aliphatic hydroxyl groups excluding tert-OH is 1. The number of nitrogens with one attached hydrogen (secondary N) is 1. The zero-order chi connectivity index (χ0) is 10.6. The molecule has 0 radical (unpaired) electrons. The predicted molar refractivity (Wildman–Crippen MR) is 59.4 cm³/mol. The second-order valence-electron chi connectivity index (χ2n) is 3.79. The van der Waals surface area contributed by atoms with Crippen LogP contribution in [0.25, 0.3) is 0 Å². The van der Waals surface area contributed by atoms with Gasteiger partial charge in [0.15, 0.2) is 0 Å². The molecular weight excluding hydrogens is 196 g/mol. The molecule has 1 unspecified atom stereocenters. The quantitative estimate of drug-likeness (QED) is 0.782. The fraction of sp³-hybridized carbons (Fsp3) is 0.700. The van der Waals surface area contributed by atoms with Crippen LogP contribution in [0.2, 0.25) is 0 Å². The fourth-order valence-electron chi connectivity index (χ4n) is 1.07. The second-order valence-corrected chi connectivity index (χ2v) is 5.11. The molecule has 4 heteroatoms. The lowest BCUT2D eigenvalue weighted by atomic mass is 10.1. The molecule has 3 nitrogen and oxygen atoms in total. The van der Waals surface area contributed by atoms with Crippen LogP contribution in [0.4, 0.5) is 0 Å². The highest BCUT2D eigenvalue weighted by atomic mass is 32.1. The first-order chi connectivity index (χ1) is 6.59. The summed E-state index contributed by atoms with van der Waals surface area (Å²) in [5.41, 5.74) is 0. The van der Waals surface area contributed by atoms with E-state index in [2.05, 4.69) is 10.3 Å². The molecule has 1 aromatic rings. The Bertz CT molecular complexity index is 273. The van der Waals surface area contributed by atoms with E-state index >= 15 is 0 Å². The minimum absolute atomic E-state index is 0.260. The van der Waals surface area contributed by atoms with Crippen molar-refractivity contribution < 1.29 is 5.11 Å². The van der Waals surface area contributed by atoms with Crippen LogP contribution in [0.15, 0.2) is 6.20 Å². The highest BCUT2D eigenvalue weighted by Gasteiger charge is 2.08. The van der Waals surface area contributed by atoms with E-state index in [1.54, 1.807) is 11.3 Å². The molecule has 0 saturated carbocycles. The first-order valence-corrected chi connectivity index (χ1v) is 5.71. The summed E-state index contributed by atoms with van der Waals surface area (Å²) in [6.07, 6.45) is 1.62. The maximum absolute atomic E-state index is 9.53. The van der Waals surface area contributed by atoms with Crippen molar-refractivity contribution >= 4 is 11.3 Å². The molecule has 80 valence electrons. The number of rotatable bonds is 5. The van der Waals surface area contributed by atoms with Crippen LogP contribution in [-0.2, 0) is 6.54 Å². The van der Waals surface area contributed by atoms with Gasteiger partial charge in [-0.1, -0.05) is 13.8 Å². The SMILES string of the molecule is Cc1ncc(CNCC(O)C(C)C)s1. The Balaban J connectivity index is 2.22. The third kappa shape index (κ3) is 3.74. The van der Waals surface area contributed by atoms with Gasteiger partial charge in [0.25, 0.3) is 0 Å². The van der Waals surface area contributed by atoms with Crippen molar-refractivity contribution in [1.29, 1.82) is 0 Å². The van der Waals surface area contributed by atoms with Gasteiger partial charge in [0.2, 0.25) is 0 Å². The Labute approximate surface area is 89.2 Å². The summed E-state index contributed by atoms with van der Waals surface area (Å²) in [6, 6.07) is 0. The molecule has 1 atom stereocenters. The Morgan fingerprint density at radius 2 is 2.29 bits per heavy atom. The monoisotopic (exact) mass is 214 g/mol. The smallest absolute Gasteiger partial charge is 0.0897 e. The first-order valence-electron chi connectivity index (χ1n) is 4.89. The molecule has 1 rings (SSSR count). The first kappa shape index (κ1) is 11.6. The van der Waals surface area contributed by atoms with E-state index in [1.807, 2.05) is 27.0 Å².